The Morgan fingerprint density at radius 1 is 0.844 bits per heavy atom. The molecule has 0 bridgehead atoms. The maximum atomic E-state index is 12.9. The van der Waals surface area contributed by atoms with Gasteiger partial charge in [0.2, 0.25) is 0 Å². The summed E-state index contributed by atoms with van der Waals surface area (Å²) in [6, 6.07) is 18.9. The van der Waals surface area contributed by atoms with E-state index >= 15 is 0 Å². The summed E-state index contributed by atoms with van der Waals surface area (Å²) >= 11 is 0. The number of amides is 1. The van der Waals surface area contributed by atoms with Gasteiger partial charge in [0.1, 0.15) is 5.82 Å². The van der Waals surface area contributed by atoms with Crippen LogP contribution >= 0.6 is 0 Å². The van der Waals surface area contributed by atoms with E-state index in [0.29, 0.717) is 43.5 Å². The van der Waals surface area contributed by atoms with Crippen LogP contribution in [0.4, 0.5) is 17.5 Å². The molecule has 1 amide bonds. The van der Waals surface area contributed by atoms with Crippen LogP contribution in [0.1, 0.15) is 10.5 Å². The second kappa shape index (κ2) is 8.80. The highest BCUT2D eigenvalue weighted by Gasteiger charge is 2.25. The number of benzene rings is 1. The van der Waals surface area contributed by atoms with E-state index in [9.17, 15) is 4.79 Å². The fourth-order valence-corrected chi connectivity index (χ4v) is 3.48. The van der Waals surface area contributed by atoms with E-state index in [4.69, 9.17) is 0 Å². The van der Waals surface area contributed by atoms with Gasteiger partial charge in [-0.3, -0.25) is 4.79 Å². The van der Waals surface area contributed by atoms with Gasteiger partial charge in [0, 0.05) is 32.4 Å². The van der Waals surface area contributed by atoms with Crippen molar-refractivity contribution in [2.24, 2.45) is 0 Å². The second-order valence-corrected chi connectivity index (χ2v) is 7.25. The SMILES string of the molecule is O=C(c1cnn(-c2ccccc2)n1)N1CCN(c2ccc(Nc3ccccn3)nn2)CC1. The normalized spacial score (nSPS) is 13.8. The Bertz CT molecular complexity index is 1170. The number of nitrogens with zero attached hydrogens (tertiary/aromatic N) is 8. The molecule has 10 heteroatoms. The van der Waals surface area contributed by atoms with Crippen molar-refractivity contribution in [3.05, 3.63) is 78.8 Å². The number of piperazine rings is 1. The molecule has 0 radical (unpaired) electrons. The average Bonchev–Trinajstić information content (AvgIpc) is 3.36. The van der Waals surface area contributed by atoms with Gasteiger partial charge in [-0.05, 0) is 36.4 Å². The number of carbonyl (C=O) groups is 1. The van der Waals surface area contributed by atoms with Crippen LogP contribution in [0, 0.1) is 0 Å². The fraction of sp³-hybridized carbons (Fsp3) is 0.182. The maximum absolute atomic E-state index is 12.9. The smallest absolute Gasteiger partial charge is 0.276 e. The Balaban J connectivity index is 1.18. The van der Waals surface area contributed by atoms with Gasteiger partial charge in [0.15, 0.2) is 17.3 Å². The zero-order valence-corrected chi connectivity index (χ0v) is 17.2. The minimum absolute atomic E-state index is 0.118. The first-order chi connectivity index (χ1) is 15.8. The number of anilines is 3. The first-order valence-corrected chi connectivity index (χ1v) is 10.3. The molecule has 1 fully saturated rings. The molecule has 4 aromatic rings. The highest BCUT2D eigenvalue weighted by atomic mass is 16.2. The molecule has 32 heavy (non-hydrogen) atoms. The van der Waals surface area contributed by atoms with Gasteiger partial charge in [0.25, 0.3) is 5.91 Å². The number of aromatic nitrogens is 6. The van der Waals surface area contributed by atoms with E-state index in [0.717, 1.165) is 11.5 Å². The number of hydrogen-bond donors (Lipinski definition) is 1. The molecular weight excluding hydrogens is 406 g/mol. The van der Waals surface area contributed by atoms with E-state index in [2.05, 4.69) is 35.6 Å². The highest BCUT2D eigenvalue weighted by Crippen LogP contribution is 2.17. The van der Waals surface area contributed by atoms with Crippen LogP contribution in [-0.2, 0) is 0 Å². The van der Waals surface area contributed by atoms with Crippen molar-refractivity contribution in [3.8, 4) is 5.69 Å². The minimum Gasteiger partial charge on any atom is -0.352 e. The summed E-state index contributed by atoms with van der Waals surface area (Å²) in [5.74, 6) is 2.00. The van der Waals surface area contributed by atoms with Crippen LogP contribution in [0.5, 0.6) is 0 Å². The zero-order valence-electron chi connectivity index (χ0n) is 17.2. The van der Waals surface area contributed by atoms with Gasteiger partial charge in [0.05, 0.1) is 11.9 Å². The third kappa shape index (κ3) is 4.24. The fourth-order valence-electron chi connectivity index (χ4n) is 3.48. The van der Waals surface area contributed by atoms with Crippen molar-refractivity contribution in [1.29, 1.82) is 0 Å². The molecule has 3 aromatic heterocycles. The van der Waals surface area contributed by atoms with Gasteiger partial charge in [-0.1, -0.05) is 24.3 Å². The van der Waals surface area contributed by atoms with Crippen molar-refractivity contribution in [2.75, 3.05) is 36.4 Å². The van der Waals surface area contributed by atoms with E-state index in [1.807, 2.05) is 60.7 Å². The summed E-state index contributed by atoms with van der Waals surface area (Å²) < 4.78 is 0. The summed E-state index contributed by atoms with van der Waals surface area (Å²) in [6.45, 7) is 2.49. The molecule has 0 spiro atoms. The van der Waals surface area contributed by atoms with Crippen LogP contribution in [0.25, 0.3) is 5.69 Å². The summed E-state index contributed by atoms with van der Waals surface area (Å²) in [5, 5.41) is 20.2. The first kappa shape index (κ1) is 19.6. The Morgan fingerprint density at radius 2 is 1.66 bits per heavy atom. The first-order valence-electron chi connectivity index (χ1n) is 10.3. The predicted molar refractivity (Wildman–Crippen MR) is 119 cm³/mol. The summed E-state index contributed by atoms with van der Waals surface area (Å²) in [5.41, 5.74) is 1.16. The average molecular weight is 427 g/mol. The summed E-state index contributed by atoms with van der Waals surface area (Å²) in [4.78, 5) is 22.4. The topological polar surface area (TPSA) is 105 Å². The molecule has 0 saturated carbocycles. The molecular formula is C22H21N9O. The van der Waals surface area contributed by atoms with Crippen molar-refractivity contribution in [2.45, 2.75) is 0 Å². The lowest BCUT2D eigenvalue weighted by atomic mass is 10.3. The van der Waals surface area contributed by atoms with Crippen LogP contribution in [0.2, 0.25) is 0 Å². The molecule has 1 aromatic carbocycles. The van der Waals surface area contributed by atoms with Gasteiger partial charge in [-0.25, -0.2) is 4.98 Å². The van der Waals surface area contributed by atoms with E-state index in [1.54, 1.807) is 11.1 Å². The predicted octanol–water partition coefficient (Wildman–Crippen LogP) is 2.16. The third-order valence-corrected chi connectivity index (χ3v) is 5.16. The van der Waals surface area contributed by atoms with E-state index in [1.165, 1.54) is 11.0 Å². The van der Waals surface area contributed by atoms with E-state index in [-0.39, 0.29) is 5.91 Å². The largest absolute Gasteiger partial charge is 0.352 e. The van der Waals surface area contributed by atoms with E-state index < -0.39 is 0 Å². The maximum Gasteiger partial charge on any atom is 0.276 e. The molecule has 0 aliphatic carbocycles. The van der Waals surface area contributed by atoms with Crippen LogP contribution in [0.3, 0.4) is 0 Å². The van der Waals surface area contributed by atoms with Crippen LogP contribution in [-0.4, -0.2) is 67.2 Å². The lowest BCUT2D eigenvalue weighted by Crippen LogP contribution is -2.49. The Kier molecular flexibility index (Phi) is 5.39. The lowest BCUT2D eigenvalue weighted by molar-refractivity contribution is 0.0740. The number of para-hydroxylation sites is 1. The van der Waals surface area contributed by atoms with Gasteiger partial charge >= 0.3 is 0 Å². The van der Waals surface area contributed by atoms with Gasteiger partial charge in [-0.15, -0.1) is 15.3 Å². The monoisotopic (exact) mass is 427 g/mol. The zero-order chi connectivity index (χ0) is 21.8. The summed E-state index contributed by atoms with van der Waals surface area (Å²) in [7, 11) is 0. The molecule has 1 N–H and O–H groups in total. The van der Waals surface area contributed by atoms with Crippen molar-refractivity contribution >= 4 is 23.4 Å². The summed E-state index contributed by atoms with van der Waals surface area (Å²) in [6.07, 6.45) is 3.23. The molecule has 5 rings (SSSR count). The Morgan fingerprint density at radius 3 is 2.38 bits per heavy atom. The Hall–Kier alpha value is -4.34. The Labute approximate surface area is 184 Å². The molecule has 0 unspecified atom stereocenters. The van der Waals surface area contributed by atoms with Crippen molar-refractivity contribution in [3.63, 3.8) is 0 Å². The minimum atomic E-state index is -0.118. The lowest BCUT2D eigenvalue weighted by Gasteiger charge is -2.34. The number of carbonyl (C=O) groups excluding carboxylic acids is 1. The molecule has 1 aliphatic rings. The molecule has 0 atom stereocenters. The van der Waals surface area contributed by atoms with Crippen molar-refractivity contribution < 1.29 is 4.79 Å². The molecule has 160 valence electrons. The molecule has 10 nitrogen and oxygen atoms in total. The number of hydrogen-bond acceptors (Lipinski definition) is 8. The van der Waals surface area contributed by atoms with Gasteiger partial charge < -0.3 is 15.1 Å². The standard InChI is InChI=1S/C22H21N9O/c32-22(18-16-24-31(28-18)17-6-2-1-3-7-17)30-14-12-29(13-15-30)21-10-9-20(26-27-21)25-19-8-4-5-11-23-19/h1-11,16H,12-15H2,(H,23,25,26). The molecule has 4 heterocycles. The second-order valence-electron chi connectivity index (χ2n) is 7.25. The van der Waals surface area contributed by atoms with Gasteiger partial charge in [-0.2, -0.15) is 9.90 Å². The number of rotatable bonds is 5. The van der Waals surface area contributed by atoms with Crippen LogP contribution in [0.15, 0.2) is 73.1 Å². The highest BCUT2D eigenvalue weighted by molar-refractivity contribution is 5.92. The van der Waals surface area contributed by atoms with Crippen molar-refractivity contribution in [1.82, 2.24) is 35.1 Å². The quantitative estimate of drug-likeness (QED) is 0.517. The molecule has 1 aliphatic heterocycles. The third-order valence-electron chi connectivity index (χ3n) is 5.16. The number of nitrogens with one attached hydrogen (secondary N) is 1. The number of pyridine rings is 1. The molecule has 1 saturated heterocycles. The van der Waals surface area contributed by atoms with Crippen LogP contribution < -0.4 is 10.2 Å².